The van der Waals surface area contributed by atoms with Gasteiger partial charge in [0.25, 0.3) is 5.56 Å². The summed E-state index contributed by atoms with van der Waals surface area (Å²) >= 11 is 3.42. The molecule has 0 aliphatic rings. The molecule has 0 amide bonds. The Kier molecular flexibility index (Phi) is 8.44. The SMILES string of the molecule is CCOC(=O)[C@H](C)Oc1c(C=Nn2c([C@@H](C)CC)nc3ccc(Br)cc3c2=O)cccc1OC. The summed E-state index contributed by atoms with van der Waals surface area (Å²) in [4.78, 5) is 30.2. The number of carbonyl (C=O) groups is 1. The molecule has 9 heteroatoms. The average molecular weight is 530 g/mol. The number of hydrogen-bond acceptors (Lipinski definition) is 7. The number of para-hydroxylation sites is 1. The molecule has 0 fully saturated rings. The van der Waals surface area contributed by atoms with Crippen LogP contribution in [0.15, 0.2) is 50.8 Å². The van der Waals surface area contributed by atoms with Gasteiger partial charge in [-0.1, -0.05) is 35.8 Å². The lowest BCUT2D eigenvalue weighted by Gasteiger charge is -2.18. The Labute approximate surface area is 206 Å². The molecule has 0 radical (unpaired) electrons. The molecule has 34 heavy (non-hydrogen) atoms. The fraction of sp³-hybridized carbons (Fsp3) is 0.360. The summed E-state index contributed by atoms with van der Waals surface area (Å²) in [6, 6.07) is 10.7. The Hall–Kier alpha value is -3.20. The minimum atomic E-state index is -0.860. The van der Waals surface area contributed by atoms with Crippen LogP contribution in [0.5, 0.6) is 11.5 Å². The zero-order valence-electron chi connectivity index (χ0n) is 19.9. The molecular weight excluding hydrogens is 502 g/mol. The molecule has 8 nitrogen and oxygen atoms in total. The van der Waals surface area contributed by atoms with Crippen molar-refractivity contribution in [2.24, 2.45) is 5.10 Å². The van der Waals surface area contributed by atoms with E-state index in [1.54, 1.807) is 38.1 Å². The van der Waals surface area contributed by atoms with E-state index in [0.717, 1.165) is 10.9 Å². The fourth-order valence-electron chi connectivity index (χ4n) is 3.30. The van der Waals surface area contributed by atoms with E-state index in [-0.39, 0.29) is 18.1 Å². The van der Waals surface area contributed by atoms with Crippen molar-refractivity contribution in [2.75, 3.05) is 13.7 Å². The highest BCUT2D eigenvalue weighted by Crippen LogP contribution is 2.31. The topological polar surface area (TPSA) is 92.0 Å². The van der Waals surface area contributed by atoms with Crippen LogP contribution in [-0.2, 0) is 9.53 Å². The molecule has 0 aliphatic heterocycles. The zero-order valence-corrected chi connectivity index (χ0v) is 21.5. The average Bonchev–Trinajstić information content (AvgIpc) is 2.83. The first-order valence-electron chi connectivity index (χ1n) is 11.1. The minimum absolute atomic E-state index is 0.00256. The third kappa shape index (κ3) is 5.47. The third-order valence-electron chi connectivity index (χ3n) is 5.34. The highest BCUT2D eigenvalue weighted by molar-refractivity contribution is 9.10. The van der Waals surface area contributed by atoms with Crippen molar-refractivity contribution in [3.05, 3.63) is 62.6 Å². The van der Waals surface area contributed by atoms with Crippen LogP contribution in [0.3, 0.4) is 0 Å². The molecule has 180 valence electrons. The molecule has 3 aromatic rings. The third-order valence-corrected chi connectivity index (χ3v) is 5.83. The number of halogens is 1. The van der Waals surface area contributed by atoms with E-state index in [0.29, 0.717) is 33.8 Å². The first-order valence-corrected chi connectivity index (χ1v) is 11.9. The predicted molar refractivity (Wildman–Crippen MR) is 135 cm³/mol. The van der Waals surface area contributed by atoms with Crippen molar-refractivity contribution in [3.63, 3.8) is 0 Å². The van der Waals surface area contributed by atoms with Crippen molar-refractivity contribution in [2.45, 2.75) is 46.1 Å². The van der Waals surface area contributed by atoms with Gasteiger partial charge in [-0.3, -0.25) is 4.79 Å². The van der Waals surface area contributed by atoms with E-state index in [2.05, 4.69) is 21.0 Å². The van der Waals surface area contributed by atoms with Crippen molar-refractivity contribution in [1.29, 1.82) is 0 Å². The van der Waals surface area contributed by atoms with Crippen LogP contribution >= 0.6 is 15.9 Å². The first kappa shape index (κ1) is 25.4. The molecule has 0 saturated heterocycles. The highest BCUT2D eigenvalue weighted by Gasteiger charge is 2.20. The lowest BCUT2D eigenvalue weighted by Crippen LogP contribution is -2.26. The molecule has 2 atom stereocenters. The van der Waals surface area contributed by atoms with E-state index in [1.165, 1.54) is 18.0 Å². The number of methoxy groups -OCH3 is 1. The van der Waals surface area contributed by atoms with E-state index >= 15 is 0 Å². The van der Waals surface area contributed by atoms with E-state index < -0.39 is 12.1 Å². The lowest BCUT2D eigenvalue weighted by molar-refractivity contribution is -0.150. The summed E-state index contributed by atoms with van der Waals surface area (Å²) in [5, 5.41) is 4.95. The normalized spacial score (nSPS) is 13.1. The van der Waals surface area contributed by atoms with Crippen molar-refractivity contribution < 1.29 is 19.0 Å². The first-order chi connectivity index (χ1) is 16.3. The van der Waals surface area contributed by atoms with Gasteiger partial charge in [-0.25, -0.2) is 9.78 Å². The van der Waals surface area contributed by atoms with Crippen LogP contribution in [0.2, 0.25) is 0 Å². The number of nitrogens with zero attached hydrogens (tertiary/aromatic N) is 3. The number of esters is 1. The Morgan fingerprint density at radius 3 is 2.68 bits per heavy atom. The maximum Gasteiger partial charge on any atom is 0.347 e. The van der Waals surface area contributed by atoms with Crippen molar-refractivity contribution in [3.8, 4) is 11.5 Å². The van der Waals surface area contributed by atoms with E-state index in [4.69, 9.17) is 19.2 Å². The number of rotatable bonds is 9. The zero-order chi connectivity index (χ0) is 24.8. The number of fused-ring (bicyclic) bond motifs is 1. The number of ether oxygens (including phenoxy) is 3. The van der Waals surface area contributed by atoms with Gasteiger partial charge >= 0.3 is 5.97 Å². The van der Waals surface area contributed by atoms with Gasteiger partial charge in [0.2, 0.25) is 0 Å². The van der Waals surface area contributed by atoms with Gasteiger partial charge in [0.15, 0.2) is 17.6 Å². The molecule has 0 aliphatic carbocycles. The summed E-state index contributed by atoms with van der Waals surface area (Å²) in [5.41, 5.74) is 0.874. The van der Waals surface area contributed by atoms with Crippen LogP contribution in [0.25, 0.3) is 10.9 Å². The molecule has 0 spiro atoms. The van der Waals surface area contributed by atoms with Crippen LogP contribution in [0.4, 0.5) is 0 Å². The van der Waals surface area contributed by atoms with E-state index in [9.17, 15) is 9.59 Å². The fourth-order valence-corrected chi connectivity index (χ4v) is 3.67. The largest absolute Gasteiger partial charge is 0.493 e. The summed E-state index contributed by atoms with van der Waals surface area (Å²) in [6.45, 7) is 7.61. The molecule has 2 aromatic carbocycles. The Balaban J connectivity index is 2.12. The van der Waals surface area contributed by atoms with Gasteiger partial charge in [0.05, 0.1) is 30.8 Å². The monoisotopic (exact) mass is 529 g/mol. The quantitative estimate of drug-likeness (QED) is 0.289. The van der Waals surface area contributed by atoms with Crippen LogP contribution in [0.1, 0.15) is 51.4 Å². The standard InChI is InChI=1S/C25H28BrN3O5/c1-6-15(3)23-28-20-12-11-18(26)13-19(20)24(30)29(23)27-14-17-9-8-10-21(32-5)22(17)34-16(4)25(31)33-7-2/h8-16H,6-7H2,1-5H3/t15-,16-/m0/s1. The second-order valence-electron chi connectivity index (χ2n) is 7.69. The van der Waals surface area contributed by atoms with Gasteiger partial charge in [0, 0.05) is 16.0 Å². The maximum absolute atomic E-state index is 13.4. The Morgan fingerprint density at radius 1 is 1.24 bits per heavy atom. The van der Waals surface area contributed by atoms with Gasteiger partial charge in [-0.05, 0) is 50.6 Å². The minimum Gasteiger partial charge on any atom is -0.493 e. The summed E-state index contributed by atoms with van der Waals surface area (Å²) in [5.74, 6) is 0.821. The Morgan fingerprint density at radius 2 is 2.00 bits per heavy atom. The predicted octanol–water partition coefficient (Wildman–Crippen LogP) is 4.89. The molecular formula is C25H28BrN3O5. The molecule has 1 aromatic heterocycles. The number of carbonyl (C=O) groups excluding carboxylic acids is 1. The molecule has 1 heterocycles. The Bertz CT molecular complexity index is 1270. The van der Waals surface area contributed by atoms with Crippen LogP contribution in [0, 0.1) is 0 Å². The maximum atomic E-state index is 13.4. The van der Waals surface area contributed by atoms with Crippen molar-refractivity contribution >= 4 is 39.0 Å². The van der Waals surface area contributed by atoms with Crippen LogP contribution in [-0.4, -0.2) is 41.7 Å². The molecule has 0 bridgehead atoms. The van der Waals surface area contributed by atoms with E-state index in [1.807, 2.05) is 26.0 Å². The smallest absolute Gasteiger partial charge is 0.347 e. The summed E-state index contributed by atoms with van der Waals surface area (Å²) < 4.78 is 18.5. The lowest BCUT2D eigenvalue weighted by atomic mass is 10.1. The summed E-state index contributed by atoms with van der Waals surface area (Å²) in [6.07, 6.45) is 1.43. The molecule has 0 saturated carbocycles. The highest BCUT2D eigenvalue weighted by atomic mass is 79.9. The van der Waals surface area contributed by atoms with Gasteiger partial charge in [0.1, 0.15) is 5.82 Å². The second-order valence-corrected chi connectivity index (χ2v) is 8.61. The number of aromatic nitrogens is 2. The van der Waals surface area contributed by atoms with Gasteiger partial charge in [-0.15, -0.1) is 0 Å². The number of benzene rings is 2. The van der Waals surface area contributed by atoms with Gasteiger partial charge in [-0.2, -0.15) is 9.78 Å². The number of hydrogen-bond donors (Lipinski definition) is 0. The second kappa shape index (κ2) is 11.3. The molecule has 3 rings (SSSR count). The van der Waals surface area contributed by atoms with Crippen molar-refractivity contribution in [1.82, 2.24) is 9.66 Å². The summed E-state index contributed by atoms with van der Waals surface area (Å²) in [7, 11) is 1.51. The van der Waals surface area contributed by atoms with Gasteiger partial charge < -0.3 is 14.2 Å². The van der Waals surface area contributed by atoms with Crippen LogP contribution < -0.4 is 15.0 Å². The molecule has 0 unspecified atom stereocenters. The molecule has 0 N–H and O–H groups in total.